The Morgan fingerprint density at radius 2 is 1.54 bits per heavy atom. The van der Waals surface area contributed by atoms with Crippen molar-refractivity contribution in [3.05, 3.63) is 11.3 Å². The second kappa shape index (κ2) is 5.32. The Balaban J connectivity index is 1.54. The van der Waals surface area contributed by atoms with Gasteiger partial charge in [0.1, 0.15) is 5.82 Å². The van der Waals surface area contributed by atoms with Crippen molar-refractivity contribution in [1.29, 1.82) is 0 Å². The molecule has 0 amide bonds. The second-order valence-electron chi connectivity index (χ2n) is 8.60. The smallest absolute Gasteiger partial charge is 0.222 e. The second-order valence-corrected chi connectivity index (χ2v) is 8.60. The number of anilines is 2. The van der Waals surface area contributed by atoms with E-state index in [-0.39, 0.29) is 5.54 Å². The molecular weight excluding hydrogens is 298 g/mol. The zero-order chi connectivity index (χ0) is 16.2. The van der Waals surface area contributed by atoms with Crippen molar-refractivity contribution in [2.24, 2.45) is 0 Å². The van der Waals surface area contributed by atoms with Gasteiger partial charge in [0.2, 0.25) is 5.95 Å². The molecule has 2 bridgehead atoms. The highest BCUT2D eigenvalue weighted by molar-refractivity contribution is 5.55. The molecule has 130 valence electrons. The molecule has 5 nitrogen and oxygen atoms in total. The molecule has 1 saturated carbocycles. The summed E-state index contributed by atoms with van der Waals surface area (Å²) >= 11 is 0. The lowest BCUT2D eigenvalue weighted by atomic mass is 9.71. The van der Waals surface area contributed by atoms with Gasteiger partial charge in [-0.2, -0.15) is 4.98 Å². The molecule has 1 aromatic heterocycles. The van der Waals surface area contributed by atoms with Crippen LogP contribution in [-0.4, -0.2) is 40.0 Å². The summed E-state index contributed by atoms with van der Waals surface area (Å²) < 4.78 is 0. The molecule has 5 heteroatoms. The third-order valence-electron chi connectivity index (χ3n) is 7.27. The van der Waals surface area contributed by atoms with Crippen molar-refractivity contribution in [1.82, 2.24) is 14.9 Å². The molecule has 2 aliphatic carbocycles. The molecule has 0 unspecified atom stereocenters. The van der Waals surface area contributed by atoms with Gasteiger partial charge in [0.15, 0.2) is 0 Å². The van der Waals surface area contributed by atoms with Gasteiger partial charge in [-0.1, -0.05) is 12.8 Å². The van der Waals surface area contributed by atoms with Crippen LogP contribution in [0.15, 0.2) is 0 Å². The Labute approximate surface area is 144 Å². The maximum atomic E-state index is 6.16. The van der Waals surface area contributed by atoms with Crippen molar-refractivity contribution in [2.75, 3.05) is 30.7 Å². The highest BCUT2D eigenvalue weighted by Gasteiger charge is 2.44. The molecule has 0 radical (unpaired) electrons. The van der Waals surface area contributed by atoms with Crippen LogP contribution in [0.2, 0.25) is 0 Å². The summed E-state index contributed by atoms with van der Waals surface area (Å²) in [7, 11) is 0. The van der Waals surface area contributed by atoms with Crippen LogP contribution in [0.3, 0.4) is 0 Å². The molecule has 0 atom stereocenters. The standard InChI is InChI=1S/C19H29N5/c20-17-21-15-14(4-3-7-18(15)5-1-2-6-18)16(22-17)23-19-8-11-24(12-9-19)13-10-19/h1-13H2,(H3,20,21,22,23). The minimum absolute atomic E-state index is 0.240. The monoisotopic (exact) mass is 327 g/mol. The number of hydrogen-bond acceptors (Lipinski definition) is 5. The maximum Gasteiger partial charge on any atom is 0.222 e. The van der Waals surface area contributed by atoms with Gasteiger partial charge in [-0.25, -0.2) is 4.98 Å². The molecule has 24 heavy (non-hydrogen) atoms. The lowest BCUT2D eigenvalue weighted by Gasteiger charge is -2.49. The molecule has 3 aliphatic heterocycles. The van der Waals surface area contributed by atoms with Gasteiger partial charge in [0.05, 0.1) is 5.69 Å². The summed E-state index contributed by atoms with van der Waals surface area (Å²) in [5.41, 5.74) is 9.39. The molecule has 4 heterocycles. The van der Waals surface area contributed by atoms with Crippen LogP contribution in [0, 0.1) is 0 Å². The highest BCUT2D eigenvalue weighted by atomic mass is 15.2. The Morgan fingerprint density at radius 1 is 0.875 bits per heavy atom. The molecule has 0 aromatic carbocycles. The summed E-state index contributed by atoms with van der Waals surface area (Å²) in [5, 5.41) is 3.90. The van der Waals surface area contributed by atoms with Gasteiger partial charge in [-0.15, -0.1) is 0 Å². The maximum absolute atomic E-state index is 6.16. The zero-order valence-electron chi connectivity index (χ0n) is 14.6. The minimum Gasteiger partial charge on any atom is -0.368 e. The molecule has 6 rings (SSSR count). The van der Waals surface area contributed by atoms with Crippen LogP contribution >= 0.6 is 0 Å². The van der Waals surface area contributed by atoms with Crippen molar-refractivity contribution >= 4 is 11.8 Å². The Hall–Kier alpha value is -1.36. The van der Waals surface area contributed by atoms with E-state index in [4.69, 9.17) is 10.7 Å². The number of fused-ring (bicyclic) bond motifs is 5. The van der Waals surface area contributed by atoms with Gasteiger partial charge in [0, 0.05) is 36.2 Å². The SMILES string of the molecule is Nc1nc(NC23CCN(CC2)CC3)c2c(n1)C1(CCCC1)CCC2. The summed E-state index contributed by atoms with van der Waals surface area (Å²) in [6.07, 6.45) is 12.6. The third-order valence-corrected chi connectivity index (χ3v) is 7.27. The van der Waals surface area contributed by atoms with Gasteiger partial charge in [-0.05, 0) is 51.4 Å². The van der Waals surface area contributed by atoms with E-state index in [1.54, 1.807) is 0 Å². The van der Waals surface area contributed by atoms with Crippen LogP contribution in [0.1, 0.15) is 69.0 Å². The van der Waals surface area contributed by atoms with Gasteiger partial charge < -0.3 is 16.0 Å². The Kier molecular flexibility index (Phi) is 3.31. The molecule has 3 N–H and O–H groups in total. The summed E-state index contributed by atoms with van der Waals surface area (Å²) in [6, 6.07) is 0. The first kappa shape index (κ1) is 14.9. The van der Waals surface area contributed by atoms with E-state index in [2.05, 4.69) is 15.2 Å². The van der Waals surface area contributed by atoms with E-state index in [0.29, 0.717) is 11.4 Å². The Bertz CT molecular complexity index is 628. The first-order valence-corrected chi connectivity index (χ1v) is 9.86. The lowest BCUT2D eigenvalue weighted by Crippen LogP contribution is -2.56. The minimum atomic E-state index is 0.240. The zero-order valence-corrected chi connectivity index (χ0v) is 14.6. The highest BCUT2D eigenvalue weighted by Crippen LogP contribution is 2.49. The first-order chi connectivity index (χ1) is 11.7. The van der Waals surface area contributed by atoms with Crippen molar-refractivity contribution in [3.8, 4) is 0 Å². The molecule has 1 spiro atoms. The summed E-state index contributed by atoms with van der Waals surface area (Å²) in [4.78, 5) is 12.1. The predicted octanol–water partition coefficient (Wildman–Crippen LogP) is 2.86. The Morgan fingerprint density at radius 3 is 2.25 bits per heavy atom. The molecular formula is C19H29N5. The fourth-order valence-electron chi connectivity index (χ4n) is 5.81. The first-order valence-electron chi connectivity index (χ1n) is 9.86. The fourth-order valence-corrected chi connectivity index (χ4v) is 5.81. The topological polar surface area (TPSA) is 67.1 Å². The van der Waals surface area contributed by atoms with Crippen LogP contribution in [0.4, 0.5) is 11.8 Å². The van der Waals surface area contributed by atoms with Crippen molar-refractivity contribution in [3.63, 3.8) is 0 Å². The van der Waals surface area contributed by atoms with Crippen LogP contribution < -0.4 is 11.1 Å². The van der Waals surface area contributed by atoms with Crippen LogP contribution in [-0.2, 0) is 11.8 Å². The van der Waals surface area contributed by atoms with Crippen molar-refractivity contribution in [2.45, 2.75) is 75.2 Å². The van der Waals surface area contributed by atoms with E-state index < -0.39 is 0 Å². The number of piperidine rings is 3. The van der Waals surface area contributed by atoms with Crippen LogP contribution in [0.5, 0.6) is 0 Å². The average Bonchev–Trinajstić information content (AvgIpc) is 3.06. The number of nitrogens with one attached hydrogen (secondary N) is 1. The number of aromatic nitrogens is 2. The predicted molar refractivity (Wildman–Crippen MR) is 96.2 cm³/mol. The number of nitrogens with zero attached hydrogens (tertiary/aromatic N) is 3. The molecule has 3 saturated heterocycles. The average molecular weight is 327 g/mol. The molecule has 4 fully saturated rings. The fraction of sp³-hybridized carbons (Fsp3) is 0.789. The van der Waals surface area contributed by atoms with Crippen molar-refractivity contribution < 1.29 is 0 Å². The summed E-state index contributed by atoms with van der Waals surface area (Å²) in [5.74, 6) is 1.54. The van der Waals surface area contributed by atoms with E-state index >= 15 is 0 Å². The third kappa shape index (κ3) is 2.24. The van der Waals surface area contributed by atoms with E-state index in [9.17, 15) is 0 Å². The number of nitrogens with two attached hydrogens (primary N) is 1. The van der Waals surface area contributed by atoms with Gasteiger partial charge >= 0.3 is 0 Å². The van der Waals surface area contributed by atoms with E-state index in [0.717, 1.165) is 12.2 Å². The number of rotatable bonds is 2. The quantitative estimate of drug-likeness (QED) is 0.874. The normalized spacial score (nSPS) is 33.6. The lowest BCUT2D eigenvalue weighted by molar-refractivity contribution is 0.0988. The largest absolute Gasteiger partial charge is 0.368 e. The van der Waals surface area contributed by atoms with E-state index in [1.807, 2.05) is 0 Å². The number of hydrogen-bond donors (Lipinski definition) is 2. The van der Waals surface area contributed by atoms with Gasteiger partial charge in [-0.3, -0.25) is 0 Å². The molecule has 1 aromatic rings. The molecule has 5 aliphatic rings. The summed E-state index contributed by atoms with van der Waals surface area (Å²) in [6.45, 7) is 3.67. The number of nitrogen functional groups attached to an aromatic ring is 1. The van der Waals surface area contributed by atoms with Gasteiger partial charge in [0.25, 0.3) is 0 Å². The van der Waals surface area contributed by atoms with E-state index in [1.165, 1.54) is 88.7 Å². The van der Waals surface area contributed by atoms with Crippen LogP contribution in [0.25, 0.3) is 0 Å².